The lowest BCUT2D eigenvalue weighted by molar-refractivity contribution is -0.134. The lowest BCUT2D eigenvalue weighted by atomic mass is 10.2. The van der Waals surface area contributed by atoms with Crippen LogP contribution < -0.4 is 0 Å². The molecule has 0 saturated heterocycles. The molecule has 0 spiro atoms. The van der Waals surface area contributed by atoms with Crippen molar-refractivity contribution in [3.8, 4) is 0 Å². The first kappa shape index (κ1) is 15.3. The molecule has 0 aliphatic rings. The van der Waals surface area contributed by atoms with E-state index in [1.54, 1.807) is 15.8 Å². The van der Waals surface area contributed by atoms with Gasteiger partial charge in [-0.1, -0.05) is 6.92 Å². The third-order valence-corrected chi connectivity index (χ3v) is 3.67. The van der Waals surface area contributed by atoms with E-state index < -0.39 is 0 Å². The fraction of sp³-hybridized carbons (Fsp3) is 0.533. The summed E-state index contributed by atoms with van der Waals surface area (Å²) in [6.07, 6.45) is 6.26. The Morgan fingerprint density at radius 3 is 2.71 bits per heavy atom. The molecular formula is C15H23N5O. The summed E-state index contributed by atoms with van der Waals surface area (Å²) in [6.45, 7) is 7.44. The molecule has 0 saturated carbocycles. The Labute approximate surface area is 125 Å². The summed E-state index contributed by atoms with van der Waals surface area (Å²) in [5.74, 6) is 0.0739. The van der Waals surface area contributed by atoms with Crippen LogP contribution in [0, 0.1) is 6.92 Å². The zero-order valence-electron chi connectivity index (χ0n) is 13.2. The van der Waals surface area contributed by atoms with Crippen LogP contribution in [0.15, 0.2) is 24.7 Å². The van der Waals surface area contributed by atoms with Gasteiger partial charge in [-0.2, -0.15) is 10.2 Å². The minimum absolute atomic E-state index is 0.0739. The van der Waals surface area contributed by atoms with Crippen molar-refractivity contribution < 1.29 is 4.79 Å². The number of amides is 1. The third-order valence-electron chi connectivity index (χ3n) is 3.67. The second-order valence-corrected chi connectivity index (χ2v) is 5.20. The van der Waals surface area contributed by atoms with Gasteiger partial charge in [-0.3, -0.25) is 14.2 Å². The molecular weight excluding hydrogens is 266 g/mol. The van der Waals surface area contributed by atoms with Crippen molar-refractivity contribution in [2.75, 3.05) is 7.05 Å². The van der Waals surface area contributed by atoms with Gasteiger partial charge in [0.1, 0.15) is 6.04 Å². The molecule has 114 valence electrons. The van der Waals surface area contributed by atoms with E-state index in [1.165, 1.54) is 0 Å². The van der Waals surface area contributed by atoms with Crippen LogP contribution in [-0.2, 0) is 17.9 Å². The summed E-state index contributed by atoms with van der Waals surface area (Å²) in [4.78, 5) is 14.4. The highest BCUT2D eigenvalue weighted by Crippen LogP contribution is 2.16. The Morgan fingerprint density at radius 2 is 2.19 bits per heavy atom. The van der Waals surface area contributed by atoms with Gasteiger partial charge >= 0.3 is 0 Å². The fourth-order valence-corrected chi connectivity index (χ4v) is 2.40. The Bertz CT molecular complexity index is 587. The monoisotopic (exact) mass is 289 g/mol. The topological polar surface area (TPSA) is 56.0 Å². The van der Waals surface area contributed by atoms with Crippen LogP contribution in [0.2, 0.25) is 0 Å². The molecule has 0 aromatic carbocycles. The molecule has 0 fully saturated rings. The molecule has 21 heavy (non-hydrogen) atoms. The fourth-order valence-electron chi connectivity index (χ4n) is 2.40. The summed E-state index contributed by atoms with van der Waals surface area (Å²) in [7, 11) is 1.83. The minimum atomic E-state index is -0.244. The largest absolute Gasteiger partial charge is 0.339 e. The summed E-state index contributed by atoms with van der Waals surface area (Å²) in [6, 6.07) is 1.59. The van der Waals surface area contributed by atoms with Gasteiger partial charge in [0.15, 0.2) is 0 Å². The second kappa shape index (κ2) is 6.56. The highest BCUT2D eigenvalue weighted by molar-refractivity contribution is 5.80. The zero-order chi connectivity index (χ0) is 15.4. The third kappa shape index (κ3) is 3.32. The van der Waals surface area contributed by atoms with Crippen molar-refractivity contribution in [2.45, 2.75) is 46.3 Å². The highest BCUT2D eigenvalue weighted by atomic mass is 16.2. The highest BCUT2D eigenvalue weighted by Gasteiger charge is 2.23. The maximum atomic E-state index is 12.6. The molecule has 2 aromatic rings. The number of rotatable bonds is 6. The number of aryl methyl sites for hydroxylation is 2. The van der Waals surface area contributed by atoms with Gasteiger partial charge in [-0.05, 0) is 26.3 Å². The first-order chi connectivity index (χ1) is 10.1. The molecule has 0 aliphatic heterocycles. The maximum Gasteiger partial charge on any atom is 0.247 e. The Morgan fingerprint density at radius 1 is 1.43 bits per heavy atom. The van der Waals surface area contributed by atoms with Crippen molar-refractivity contribution in [3.05, 3.63) is 35.9 Å². The average Bonchev–Trinajstić information content (AvgIpc) is 3.10. The molecule has 6 nitrogen and oxygen atoms in total. The summed E-state index contributed by atoms with van der Waals surface area (Å²) < 4.78 is 3.62. The summed E-state index contributed by atoms with van der Waals surface area (Å²) in [5.41, 5.74) is 2.06. The van der Waals surface area contributed by atoms with E-state index in [1.807, 2.05) is 44.0 Å². The lowest BCUT2D eigenvalue weighted by Crippen LogP contribution is -2.34. The Balaban J connectivity index is 2.09. The molecule has 1 amide bonds. The molecule has 2 heterocycles. The molecule has 0 aliphatic carbocycles. The van der Waals surface area contributed by atoms with E-state index in [9.17, 15) is 4.79 Å². The summed E-state index contributed by atoms with van der Waals surface area (Å²) in [5, 5.41) is 8.60. The maximum absolute atomic E-state index is 12.6. The summed E-state index contributed by atoms with van der Waals surface area (Å²) >= 11 is 0. The number of carbonyl (C=O) groups is 1. The smallest absolute Gasteiger partial charge is 0.247 e. The number of nitrogens with zero attached hydrogens (tertiary/aromatic N) is 5. The van der Waals surface area contributed by atoms with Crippen molar-refractivity contribution in [2.24, 2.45) is 0 Å². The number of likely N-dealkylation sites (N-methyl/N-ethyl adjacent to an activating group) is 1. The van der Waals surface area contributed by atoms with Crippen LogP contribution in [0.5, 0.6) is 0 Å². The van der Waals surface area contributed by atoms with Crippen LogP contribution in [0.3, 0.4) is 0 Å². The molecule has 1 atom stereocenters. The van der Waals surface area contributed by atoms with Gasteiger partial charge in [0.2, 0.25) is 5.91 Å². The van der Waals surface area contributed by atoms with Crippen LogP contribution in [0.1, 0.15) is 37.6 Å². The van der Waals surface area contributed by atoms with Gasteiger partial charge < -0.3 is 4.90 Å². The van der Waals surface area contributed by atoms with Gasteiger partial charge in [0, 0.05) is 44.3 Å². The van der Waals surface area contributed by atoms with Crippen LogP contribution in [0.4, 0.5) is 0 Å². The molecule has 0 N–H and O–H groups in total. The molecule has 6 heteroatoms. The normalized spacial score (nSPS) is 12.4. The molecule has 0 bridgehead atoms. The molecule has 0 radical (unpaired) electrons. The van der Waals surface area contributed by atoms with E-state index in [2.05, 4.69) is 17.1 Å². The second-order valence-electron chi connectivity index (χ2n) is 5.20. The first-order valence-electron chi connectivity index (χ1n) is 7.33. The van der Waals surface area contributed by atoms with Crippen molar-refractivity contribution in [1.82, 2.24) is 24.5 Å². The van der Waals surface area contributed by atoms with Crippen LogP contribution >= 0.6 is 0 Å². The number of hydrogen-bond acceptors (Lipinski definition) is 3. The van der Waals surface area contributed by atoms with Gasteiger partial charge in [-0.25, -0.2) is 0 Å². The van der Waals surface area contributed by atoms with Gasteiger partial charge in [0.25, 0.3) is 0 Å². The Kier molecular flexibility index (Phi) is 4.77. The Hall–Kier alpha value is -2.11. The number of hydrogen-bond donors (Lipinski definition) is 0. The van der Waals surface area contributed by atoms with Crippen molar-refractivity contribution in [1.29, 1.82) is 0 Å². The van der Waals surface area contributed by atoms with Crippen molar-refractivity contribution in [3.63, 3.8) is 0 Å². The molecule has 2 aromatic heterocycles. The SMILES string of the molecule is CCC(C(=O)N(C)Cc1cn(CC)nc1C)n1cccn1. The quantitative estimate of drug-likeness (QED) is 0.817. The van der Waals surface area contributed by atoms with E-state index in [0.29, 0.717) is 6.54 Å². The predicted octanol–water partition coefficient (Wildman–Crippen LogP) is 2.02. The standard InChI is InChI=1S/C15H23N5O/c1-5-14(20-9-7-8-16-20)15(21)18(4)10-13-11-19(6-2)17-12(13)3/h7-9,11,14H,5-6,10H2,1-4H3. The van der Waals surface area contributed by atoms with Crippen molar-refractivity contribution >= 4 is 5.91 Å². The first-order valence-corrected chi connectivity index (χ1v) is 7.33. The van der Waals surface area contributed by atoms with Gasteiger partial charge in [-0.15, -0.1) is 0 Å². The molecule has 2 rings (SSSR count). The van der Waals surface area contributed by atoms with E-state index in [0.717, 1.165) is 24.2 Å². The predicted molar refractivity (Wildman–Crippen MR) is 80.7 cm³/mol. The van der Waals surface area contributed by atoms with E-state index in [-0.39, 0.29) is 11.9 Å². The van der Waals surface area contributed by atoms with Crippen LogP contribution in [0.25, 0.3) is 0 Å². The number of carbonyl (C=O) groups excluding carboxylic acids is 1. The average molecular weight is 289 g/mol. The van der Waals surface area contributed by atoms with E-state index >= 15 is 0 Å². The van der Waals surface area contributed by atoms with E-state index in [4.69, 9.17) is 0 Å². The van der Waals surface area contributed by atoms with Gasteiger partial charge in [0.05, 0.1) is 5.69 Å². The number of aromatic nitrogens is 4. The van der Waals surface area contributed by atoms with Crippen LogP contribution in [-0.4, -0.2) is 37.4 Å². The lowest BCUT2D eigenvalue weighted by Gasteiger charge is -2.23. The minimum Gasteiger partial charge on any atom is -0.339 e. The zero-order valence-corrected chi connectivity index (χ0v) is 13.2. The molecule has 1 unspecified atom stereocenters.